The fourth-order valence-electron chi connectivity index (χ4n) is 2.79. The van der Waals surface area contributed by atoms with Crippen LogP contribution in [-0.4, -0.2) is 60.2 Å². The summed E-state index contributed by atoms with van der Waals surface area (Å²) in [5.41, 5.74) is -0.171. The Balaban J connectivity index is 1.78. The van der Waals surface area contributed by atoms with Crippen molar-refractivity contribution in [3.63, 3.8) is 0 Å². The highest BCUT2D eigenvalue weighted by Crippen LogP contribution is 2.35. The summed E-state index contributed by atoms with van der Waals surface area (Å²) < 4.78 is 56.3. The molecule has 3 rings (SSSR count). The van der Waals surface area contributed by atoms with Crippen molar-refractivity contribution in [3.05, 3.63) is 18.0 Å². The third kappa shape index (κ3) is 4.68. The van der Waals surface area contributed by atoms with E-state index >= 15 is 0 Å². The molecule has 27 heavy (non-hydrogen) atoms. The molecular formula is C15H19F2N5O3S2. The van der Waals surface area contributed by atoms with E-state index in [1.807, 2.05) is 0 Å². The second-order valence-electron chi connectivity index (χ2n) is 6.07. The monoisotopic (exact) mass is 419 g/mol. The Morgan fingerprint density at radius 2 is 2.00 bits per heavy atom. The zero-order chi connectivity index (χ0) is 19.6. The summed E-state index contributed by atoms with van der Waals surface area (Å²) in [6, 6.07) is -0.0377. The maximum atomic E-state index is 13.3. The lowest BCUT2D eigenvalue weighted by Gasteiger charge is -2.30. The van der Waals surface area contributed by atoms with Crippen molar-refractivity contribution in [2.45, 2.75) is 25.3 Å². The van der Waals surface area contributed by atoms with Gasteiger partial charge in [-0.1, -0.05) is 11.3 Å². The molecule has 0 saturated carbocycles. The summed E-state index contributed by atoms with van der Waals surface area (Å²) in [7, 11) is -1.76. The number of ether oxygens (including phenoxy) is 1. The van der Waals surface area contributed by atoms with Crippen molar-refractivity contribution >= 4 is 27.3 Å². The minimum Gasteiger partial charge on any atom is -0.473 e. The molecule has 0 aromatic carbocycles. The molecule has 2 aromatic rings. The highest BCUT2D eigenvalue weighted by atomic mass is 32.2. The van der Waals surface area contributed by atoms with Crippen molar-refractivity contribution in [1.29, 1.82) is 0 Å². The van der Waals surface area contributed by atoms with Gasteiger partial charge >= 0.3 is 0 Å². The van der Waals surface area contributed by atoms with Crippen LogP contribution in [0.5, 0.6) is 5.19 Å². The van der Waals surface area contributed by atoms with Crippen molar-refractivity contribution in [2.24, 2.45) is 0 Å². The molecule has 1 aliphatic heterocycles. The van der Waals surface area contributed by atoms with E-state index in [9.17, 15) is 17.2 Å². The average molecular weight is 419 g/mol. The van der Waals surface area contributed by atoms with E-state index in [0.717, 1.165) is 17.5 Å². The van der Waals surface area contributed by atoms with Gasteiger partial charge in [-0.2, -0.15) is 0 Å². The number of nitrogens with zero attached hydrogens (tertiary/aromatic N) is 4. The first-order chi connectivity index (χ1) is 12.8. The Labute approximate surface area is 159 Å². The number of anilines is 1. The molecule has 0 unspecified atom stereocenters. The number of thiazole rings is 1. The number of piperidine rings is 1. The zero-order valence-electron chi connectivity index (χ0n) is 14.7. The largest absolute Gasteiger partial charge is 0.473 e. The summed E-state index contributed by atoms with van der Waals surface area (Å²) in [6.07, 6.45) is 2.16. The SMILES string of the molecule is COc1ncc(-c2nc(NC3CCN(S(C)(=O)=O)CC3)ncc2C(F)F)s1. The lowest BCUT2D eigenvalue weighted by molar-refractivity contribution is 0.151. The maximum Gasteiger partial charge on any atom is 0.273 e. The van der Waals surface area contributed by atoms with Crippen LogP contribution in [0.3, 0.4) is 0 Å². The van der Waals surface area contributed by atoms with E-state index in [-0.39, 0.29) is 23.2 Å². The molecule has 0 atom stereocenters. The second kappa shape index (κ2) is 7.98. The molecule has 0 spiro atoms. The Hall–Kier alpha value is -1.92. The van der Waals surface area contributed by atoms with Crippen molar-refractivity contribution in [2.75, 3.05) is 31.8 Å². The standard InChI is InChI=1S/C15H19F2N5O3S2/c1-25-15-19-8-11(26-15)12-10(13(16)17)7-18-14(21-12)20-9-3-5-22(6-4-9)27(2,23)24/h7-9,13H,3-6H2,1-2H3,(H,18,20,21). The smallest absolute Gasteiger partial charge is 0.273 e. The van der Waals surface area contributed by atoms with Gasteiger partial charge in [-0.25, -0.2) is 36.5 Å². The minimum atomic E-state index is -3.21. The van der Waals surface area contributed by atoms with Crippen LogP contribution in [-0.2, 0) is 10.0 Å². The molecule has 1 fully saturated rings. The second-order valence-corrected chi connectivity index (χ2v) is 9.05. The first-order valence-electron chi connectivity index (χ1n) is 8.15. The van der Waals surface area contributed by atoms with E-state index in [2.05, 4.69) is 20.3 Å². The Bertz CT molecular complexity index is 899. The van der Waals surface area contributed by atoms with E-state index in [1.54, 1.807) is 0 Å². The fraction of sp³-hybridized carbons (Fsp3) is 0.533. The predicted molar refractivity (Wildman–Crippen MR) is 97.7 cm³/mol. The number of aromatic nitrogens is 3. The molecule has 2 aromatic heterocycles. The van der Waals surface area contributed by atoms with Gasteiger partial charge in [-0.3, -0.25) is 0 Å². The lowest BCUT2D eigenvalue weighted by Crippen LogP contribution is -2.42. The van der Waals surface area contributed by atoms with Gasteiger partial charge in [0.05, 0.1) is 35.7 Å². The number of hydrogen-bond donors (Lipinski definition) is 1. The van der Waals surface area contributed by atoms with E-state index in [1.165, 1.54) is 23.9 Å². The molecule has 8 nitrogen and oxygen atoms in total. The molecule has 3 heterocycles. The van der Waals surface area contributed by atoms with Crippen molar-refractivity contribution in [3.8, 4) is 15.8 Å². The number of methoxy groups -OCH3 is 1. The molecule has 148 valence electrons. The van der Waals surface area contributed by atoms with Crippen LogP contribution in [0.2, 0.25) is 0 Å². The van der Waals surface area contributed by atoms with Crippen LogP contribution in [0.25, 0.3) is 10.6 Å². The normalized spacial score (nSPS) is 16.6. The quantitative estimate of drug-likeness (QED) is 0.768. The predicted octanol–water partition coefficient (Wildman–Crippen LogP) is 2.38. The molecule has 1 aliphatic rings. The van der Waals surface area contributed by atoms with Gasteiger partial charge < -0.3 is 10.1 Å². The van der Waals surface area contributed by atoms with Crippen LogP contribution in [0.4, 0.5) is 14.7 Å². The van der Waals surface area contributed by atoms with Gasteiger partial charge in [-0.05, 0) is 12.8 Å². The first kappa shape index (κ1) is 19.8. The molecular weight excluding hydrogens is 400 g/mol. The number of rotatable bonds is 6. The van der Waals surface area contributed by atoms with Crippen molar-refractivity contribution in [1.82, 2.24) is 19.3 Å². The molecule has 0 amide bonds. The Kier molecular flexibility index (Phi) is 5.86. The maximum absolute atomic E-state index is 13.3. The minimum absolute atomic E-state index is 0.0377. The molecule has 0 bridgehead atoms. The van der Waals surface area contributed by atoms with Gasteiger partial charge in [0.1, 0.15) is 0 Å². The van der Waals surface area contributed by atoms with Gasteiger partial charge in [-0.15, -0.1) is 0 Å². The van der Waals surface area contributed by atoms with Gasteiger partial charge in [0.25, 0.3) is 11.6 Å². The van der Waals surface area contributed by atoms with Crippen LogP contribution >= 0.6 is 11.3 Å². The zero-order valence-corrected chi connectivity index (χ0v) is 16.4. The Morgan fingerprint density at radius 3 is 2.56 bits per heavy atom. The molecule has 12 heteroatoms. The number of sulfonamides is 1. The van der Waals surface area contributed by atoms with Crippen LogP contribution < -0.4 is 10.1 Å². The highest BCUT2D eigenvalue weighted by Gasteiger charge is 2.26. The van der Waals surface area contributed by atoms with Crippen LogP contribution in [0.15, 0.2) is 12.4 Å². The summed E-state index contributed by atoms with van der Waals surface area (Å²) in [5.74, 6) is 0.222. The molecule has 1 saturated heterocycles. The molecule has 0 aliphatic carbocycles. The number of hydrogen-bond acceptors (Lipinski definition) is 8. The summed E-state index contributed by atoms with van der Waals surface area (Å²) in [4.78, 5) is 12.7. The van der Waals surface area contributed by atoms with E-state index in [4.69, 9.17) is 4.74 Å². The van der Waals surface area contributed by atoms with Crippen LogP contribution in [0, 0.1) is 0 Å². The van der Waals surface area contributed by atoms with Gasteiger partial charge in [0, 0.05) is 25.3 Å². The summed E-state index contributed by atoms with van der Waals surface area (Å²) in [5, 5.41) is 3.47. The first-order valence-corrected chi connectivity index (χ1v) is 10.8. The fourth-order valence-corrected chi connectivity index (χ4v) is 4.41. The third-order valence-corrected chi connectivity index (χ3v) is 6.47. The Morgan fingerprint density at radius 1 is 1.30 bits per heavy atom. The summed E-state index contributed by atoms with van der Waals surface area (Å²) >= 11 is 1.12. The highest BCUT2D eigenvalue weighted by molar-refractivity contribution is 7.88. The number of halogens is 2. The lowest BCUT2D eigenvalue weighted by atomic mass is 10.1. The molecule has 0 radical (unpaired) electrons. The number of nitrogens with one attached hydrogen (secondary N) is 1. The number of alkyl halides is 2. The van der Waals surface area contributed by atoms with Gasteiger partial charge in [0.2, 0.25) is 16.0 Å². The van der Waals surface area contributed by atoms with Crippen molar-refractivity contribution < 1.29 is 21.9 Å². The van der Waals surface area contributed by atoms with Gasteiger partial charge in [0.15, 0.2) is 0 Å². The van der Waals surface area contributed by atoms with Crippen LogP contribution in [0.1, 0.15) is 24.8 Å². The van der Waals surface area contributed by atoms with E-state index in [0.29, 0.717) is 36.0 Å². The molecule has 1 N–H and O–H groups in total. The average Bonchev–Trinajstić information content (AvgIpc) is 3.10. The third-order valence-electron chi connectivity index (χ3n) is 4.20. The topological polar surface area (TPSA) is 97.3 Å². The summed E-state index contributed by atoms with van der Waals surface area (Å²) in [6.45, 7) is 0.787. The van der Waals surface area contributed by atoms with E-state index < -0.39 is 16.4 Å².